The summed E-state index contributed by atoms with van der Waals surface area (Å²) in [5, 5.41) is 15.7. The number of amides is 3. The lowest BCUT2D eigenvalue weighted by molar-refractivity contribution is -0.384. The molecule has 1 aliphatic heterocycles. The maximum atomic E-state index is 12.5. The van der Waals surface area contributed by atoms with E-state index in [0.29, 0.717) is 18.2 Å². The largest absolute Gasteiger partial charge is 0.452 e. The number of nitro groups is 1. The normalized spacial score (nSPS) is 13.3. The molecule has 1 aromatic rings. The van der Waals surface area contributed by atoms with Crippen molar-refractivity contribution in [3.63, 3.8) is 0 Å². The van der Waals surface area contributed by atoms with E-state index in [9.17, 15) is 24.5 Å². The van der Waals surface area contributed by atoms with Gasteiger partial charge < -0.3 is 15.0 Å². The Morgan fingerprint density at radius 1 is 1.24 bits per heavy atom. The number of rotatable bonds is 8. The minimum absolute atomic E-state index is 0.0234. The number of esters is 1. The van der Waals surface area contributed by atoms with Crippen LogP contribution in [0.4, 0.5) is 16.2 Å². The maximum absolute atomic E-state index is 12.5. The Morgan fingerprint density at radius 3 is 2.55 bits per heavy atom. The predicted molar refractivity (Wildman–Crippen MR) is 106 cm³/mol. The monoisotopic (exact) mass is 406 g/mol. The molecule has 10 heteroatoms. The molecule has 29 heavy (non-hydrogen) atoms. The molecule has 3 amide bonds. The zero-order valence-electron chi connectivity index (χ0n) is 16.6. The van der Waals surface area contributed by atoms with Crippen LogP contribution in [-0.2, 0) is 9.53 Å². The number of hydrogen-bond donors (Lipinski definition) is 2. The minimum Gasteiger partial charge on any atom is -0.452 e. The van der Waals surface area contributed by atoms with Gasteiger partial charge in [0.05, 0.1) is 16.2 Å². The lowest BCUT2D eigenvalue weighted by atomic mass is 10.1. The summed E-state index contributed by atoms with van der Waals surface area (Å²) in [5.41, 5.74) is 0.314. The first-order valence-corrected chi connectivity index (χ1v) is 9.56. The summed E-state index contributed by atoms with van der Waals surface area (Å²) in [6.45, 7) is 5.23. The quantitative estimate of drug-likeness (QED) is 0.384. The second-order valence-corrected chi connectivity index (χ2v) is 7.22. The second-order valence-electron chi connectivity index (χ2n) is 7.22. The average molecular weight is 406 g/mol. The number of nitrogens with one attached hydrogen (secondary N) is 2. The lowest BCUT2D eigenvalue weighted by Crippen LogP contribution is -2.42. The van der Waals surface area contributed by atoms with Gasteiger partial charge in [-0.15, -0.1) is 0 Å². The van der Waals surface area contributed by atoms with E-state index in [1.54, 1.807) is 0 Å². The van der Waals surface area contributed by atoms with Gasteiger partial charge in [-0.05, 0) is 31.2 Å². The van der Waals surface area contributed by atoms with Gasteiger partial charge in [0.1, 0.15) is 0 Å². The molecule has 0 atom stereocenters. The summed E-state index contributed by atoms with van der Waals surface area (Å²) in [4.78, 5) is 48.4. The molecule has 1 heterocycles. The Bertz CT molecular complexity index is 774. The third kappa shape index (κ3) is 6.74. The molecule has 1 fully saturated rings. The molecule has 0 unspecified atom stereocenters. The van der Waals surface area contributed by atoms with Gasteiger partial charge in [0, 0.05) is 31.8 Å². The fourth-order valence-electron chi connectivity index (χ4n) is 2.93. The minimum atomic E-state index is -0.856. The highest BCUT2D eigenvalue weighted by atomic mass is 16.6. The molecule has 0 spiro atoms. The summed E-state index contributed by atoms with van der Waals surface area (Å²) >= 11 is 0. The smallest absolute Gasteiger partial charge is 0.341 e. The van der Waals surface area contributed by atoms with Crippen LogP contribution < -0.4 is 15.5 Å². The van der Waals surface area contributed by atoms with E-state index >= 15 is 0 Å². The molecule has 158 valence electrons. The van der Waals surface area contributed by atoms with Crippen molar-refractivity contribution in [1.29, 1.82) is 0 Å². The van der Waals surface area contributed by atoms with Crippen molar-refractivity contribution in [2.75, 3.05) is 31.1 Å². The van der Waals surface area contributed by atoms with E-state index in [1.807, 2.05) is 18.7 Å². The number of benzene rings is 1. The van der Waals surface area contributed by atoms with E-state index in [4.69, 9.17) is 4.74 Å². The van der Waals surface area contributed by atoms with Crippen LogP contribution in [0.2, 0.25) is 0 Å². The van der Waals surface area contributed by atoms with Crippen LogP contribution in [0.3, 0.4) is 0 Å². The molecule has 0 bridgehead atoms. The first-order chi connectivity index (χ1) is 13.8. The molecule has 0 radical (unpaired) electrons. The zero-order valence-corrected chi connectivity index (χ0v) is 16.6. The number of hydrogen-bond acceptors (Lipinski definition) is 7. The number of carbonyl (C=O) groups excluding carboxylic acids is 3. The van der Waals surface area contributed by atoms with Crippen molar-refractivity contribution in [2.24, 2.45) is 5.92 Å². The fraction of sp³-hybridized carbons (Fsp3) is 0.526. The average Bonchev–Trinajstić information content (AvgIpc) is 3.19. The molecule has 2 rings (SSSR count). The molecular formula is C19H26N4O6. The molecular weight excluding hydrogens is 380 g/mol. The summed E-state index contributed by atoms with van der Waals surface area (Å²) < 4.78 is 4.99. The van der Waals surface area contributed by atoms with Crippen LogP contribution >= 0.6 is 0 Å². The fourth-order valence-corrected chi connectivity index (χ4v) is 2.93. The molecule has 1 saturated heterocycles. The number of ether oxygens (including phenoxy) is 1. The number of non-ortho nitro benzene ring substituents is 1. The lowest BCUT2D eigenvalue weighted by Gasteiger charge is -2.20. The van der Waals surface area contributed by atoms with Gasteiger partial charge >= 0.3 is 12.0 Å². The van der Waals surface area contributed by atoms with Gasteiger partial charge in [0.25, 0.3) is 11.6 Å². The number of imide groups is 1. The van der Waals surface area contributed by atoms with Crippen LogP contribution in [0.5, 0.6) is 0 Å². The van der Waals surface area contributed by atoms with Crippen molar-refractivity contribution in [3.8, 4) is 0 Å². The molecule has 1 aromatic carbocycles. The van der Waals surface area contributed by atoms with Crippen LogP contribution in [0.15, 0.2) is 18.2 Å². The molecule has 0 saturated carbocycles. The Morgan fingerprint density at radius 2 is 1.93 bits per heavy atom. The first kappa shape index (κ1) is 22.1. The van der Waals surface area contributed by atoms with Crippen molar-refractivity contribution >= 4 is 29.3 Å². The molecule has 2 N–H and O–H groups in total. The van der Waals surface area contributed by atoms with Gasteiger partial charge in [-0.25, -0.2) is 9.59 Å². The van der Waals surface area contributed by atoms with Crippen LogP contribution in [-0.4, -0.2) is 49.1 Å². The van der Waals surface area contributed by atoms with Gasteiger partial charge in [0.2, 0.25) is 0 Å². The highest BCUT2D eigenvalue weighted by Crippen LogP contribution is 2.28. The van der Waals surface area contributed by atoms with E-state index < -0.39 is 29.4 Å². The molecule has 10 nitrogen and oxygen atoms in total. The van der Waals surface area contributed by atoms with Gasteiger partial charge in [-0.1, -0.05) is 13.8 Å². The van der Waals surface area contributed by atoms with Crippen LogP contribution in [0.1, 0.15) is 43.5 Å². The number of nitrogens with zero attached hydrogens (tertiary/aromatic N) is 2. The maximum Gasteiger partial charge on any atom is 0.341 e. The van der Waals surface area contributed by atoms with Crippen molar-refractivity contribution in [3.05, 3.63) is 33.9 Å². The van der Waals surface area contributed by atoms with E-state index in [0.717, 1.165) is 38.4 Å². The summed E-state index contributed by atoms with van der Waals surface area (Å²) in [6, 6.07) is 3.33. The summed E-state index contributed by atoms with van der Waals surface area (Å²) in [7, 11) is 0. The molecule has 1 aliphatic rings. The first-order valence-electron chi connectivity index (χ1n) is 9.56. The third-order valence-corrected chi connectivity index (χ3v) is 4.45. The standard InChI is InChI=1S/C19H26N4O6/c1-13(2)7-8-20-19(26)21-17(24)12-29-18(25)15-11-14(23(27)28)5-6-16(15)22-9-3-4-10-22/h5-6,11,13H,3-4,7-10,12H2,1-2H3,(H2,20,21,24,26). The predicted octanol–water partition coefficient (Wildman–Crippen LogP) is 2.22. The Labute approximate surface area is 168 Å². The van der Waals surface area contributed by atoms with Gasteiger partial charge in [-0.2, -0.15) is 0 Å². The number of carbonyl (C=O) groups is 3. The molecule has 0 aromatic heterocycles. The third-order valence-electron chi connectivity index (χ3n) is 4.45. The number of nitro benzene ring substituents is 1. The van der Waals surface area contributed by atoms with Crippen molar-refractivity contribution in [2.45, 2.75) is 33.1 Å². The Balaban J connectivity index is 1.96. The number of urea groups is 1. The molecule has 0 aliphatic carbocycles. The van der Waals surface area contributed by atoms with Gasteiger partial charge in [-0.3, -0.25) is 20.2 Å². The SMILES string of the molecule is CC(C)CCNC(=O)NC(=O)COC(=O)c1cc([N+](=O)[O-])ccc1N1CCCC1. The van der Waals surface area contributed by atoms with Crippen molar-refractivity contribution in [1.82, 2.24) is 10.6 Å². The van der Waals surface area contributed by atoms with Gasteiger partial charge in [0.15, 0.2) is 6.61 Å². The number of anilines is 1. The summed E-state index contributed by atoms with van der Waals surface area (Å²) in [5.74, 6) is -1.23. The van der Waals surface area contributed by atoms with E-state index in [1.165, 1.54) is 12.1 Å². The van der Waals surface area contributed by atoms with E-state index in [2.05, 4.69) is 10.6 Å². The van der Waals surface area contributed by atoms with Crippen molar-refractivity contribution < 1.29 is 24.0 Å². The Hall–Kier alpha value is -3.17. The van der Waals surface area contributed by atoms with Crippen LogP contribution in [0.25, 0.3) is 0 Å². The second kappa shape index (κ2) is 10.4. The topological polar surface area (TPSA) is 131 Å². The highest BCUT2D eigenvalue weighted by molar-refractivity contribution is 5.99. The highest BCUT2D eigenvalue weighted by Gasteiger charge is 2.24. The summed E-state index contributed by atoms with van der Waals surface area (Å²) in [6.07, 6.45) is 2.68. The Kier molecular flexibility index (Phi) is 7.93. The van der Waals surface area contributed by atoms with E-state index in [-0.39, 0.29) is 11.3 Å². The van der Waals surface area contributed by atoms with Crippen LogP contribution in [0, 0.1) is 16.0 Å². The zero-order chi connectivity index (χ0) is 21.4.